The fraction of sp³-hybridized carbons (Fsp3) is 0.0769. The van der Waals surface area contributed by atoms with Gasteiger partial charge in [-0.3, -0.25) is 4.98 Å². The summed E-state index contributed by atoms with van der Waals surface area (Å²) in [5.74, 6) is 7.87. The molecule has 4 aromatic rings. The number of aromatic nitrogens is 3. The molecular weight excluding hydrogens is 398 g/mol. The number of pyridine rings is 1. The summed E-state index contributed by atoms with van der Waals surface area (Å²) < 4.78 is 6.08. The zero-order chi connectivity index (χ0) is 22.3. The lowest BCUT2D eigenvalue weighted by atomic mass is 10.1. The van der Waals surface area contributed by atoms with Crippen molar-refractivity contribution in [1.29, 1.82) is 5.26 Å². The van der Waals surface area contributed by atoms with Crippen LogP contribution in [0.5, 0.6) is 11.6 Å². The number of anilines is 2. The van der Waals surface area contributed by atoms with Gasteiger partial charge in [0.05, 0.1) is 11.6 Å². The highest BCUT2D eigenvalue weighted by Crippen LogP contribution is 2.29. The smallest absolute Gasteiger partial charge is 0.230 e. The van der Waals surface area contributed by atoms with Crippen molar-refractivity contribution in [3.8, 4) is 29.5 Å². The summed E-state index contributed by atoms with van der Waals surface area (Å²) in [5.41, 5.74) is 5.06. The molecule has 0 unspecified atom stereocenters. The van der Waals surface area contributed by atoms with Crippen molar-refractivity contribution >= 4 is 11.6 Å². The molecular formula is C26H19N5O. The first-order valence-corrected chi connectivity index (χ1v) is 9.92. The summed E-state index contributed by atoms with van der Waals surface area (Å²) in [5, 5.41) is 12.0. The van der Waals surface area contributed by atoms with Gasteiger partial charge in [0.25, 0.3) is 0 Å². The van der Waals surface area contributed by atoms with Gasteiger partial charge in [-0.2, -0.15) is 10.2 Å². The molecule has 0 spiro atoms. The Bertz CT molecular complexity index is 1320. The van der Waals surface area contributed by atoms with E-state index in [0.29, 0.717) is 17.4 Å². The van der Waals surface area contributed by atoms with Crippen LogP contribution in [-0.2, 0) is 0 Å². The molecule has 0 amide bonds. The number of nitrogens with zero attached hydrogens (tertiary/aromatic N) is 4. The molecule has 0 saturated carbocycles. The Morgan fingerprint density at radius 2 is 1.62 bits per heavy atom. The molecule has 2 heterocycles. The quantitative estimate of drug-likeness (QED) is 0.454. The Morgan fingerprint density at radius 3 is 2.31 bits per heavy atom. The maximum absolute atomic E-state index is 8.92. The fourth-order valence-electron chi connectivity index (χ4n) is 3.09. The van der Waals surface area contributed by atoms with E-state index in [1.807, 2.05) is 38.1 Å². The van der Waals surface area contributed by atoms with Gasteiger partial charge < -0.3 is 10.1 Å². The van der Waals surface area contributed by atoms with Crippen molar-refractivity contribution < 1.29 is 4.74 Å². The van der Waals surface area contributed by atoms with Crippen LogP contribution in [-0.4, -0.2) is 15.0 Å². The van der Waals surface area contributed by atoms with Gasteiger partial charge in [-0.25, -0.2) is 4.98 Å². The zero-order valence-corrected chi connectivity index (χ0v) is 17.6. The number of hydrogen-bond donors (Lipinski definition) is 1. The third-order valence-corrected chi connectivity index (χ3v) is 4.58. The normalized spacial score (nSPS) is 9.91. The van der Waals surface area contributed by atoms with E-state index in [9.17, 15) is 0 Å². The van der Waals surface area contributed by atoms with E-state index in [-0.39, 0.29) is 0 Å². The monoisotopic (exact) mass is 417 g/mol. The lowest BCUT2D eigenvalue weighted by molar-refractivity contribution is 0.455. The van der Waals surface area contributed by atoms with E-state index in [0.717, 1.165) is 33.7 Å². The molecule has 2 aromatic carbocycles. The molecule has 32 heavy (non-hydrogen) atoms. The van der Waals surface area contributed by atoms with Crippen LogP contribution >= 0.6 is 0 Å². The second-order valence-corrected chi connectivity index (χ2v) is 7.07. The number of nitrogens with one attached hydrogen (secondary N) is 1. The SMILES string of the molecule is Cc1cc(C#Cc2cccnc2)cc(C)c1Oc1ccnc(Nc2ccc(C#N)cc2)n1. The first kappa shape index (κ1) is 20.6. The van der Waals surface area contributed by atoms with E-state index < -0.39 is 0 Å². The number of rotatable bonds is 4. The van der Waals surface area contributed by atoms with E-state index in [1.54, 1.807) is 48.9 Å². The maximum atomic E-state index is 8.92. The highest BCUT2D eigenvalue weighted by atomic mass is 16.5. The van der Waals surface area contributed by atoms with E-state index in [2.05, 4.69) is 38.2 Å². The molecule has 0 aliphatic carbocycles. The van der Waals surface area contributed by atoms with Gasteiger partial charge in [-0.05, 0) is 73.5 Å². The summed E-state index contributed by atoms with van der Waals surface area (Å²) >= 11 is 0. The van der Waals surface area contributed by atoms with E-state index in [1.165, 1.54) is 0 Å². The number of benzene rings is 2. The van der Waals surface area contributed by atoms with Gasteiger partial charge in [0, 0.05) is 41.5 Å². The van der Waals surface area contributed by atoms with Crippen LogP contribution in [0.2, 0.25) is 0 Å². The molecule has 0 fully saturated rings. The van der Waals surface area contributed by atoms with Gasteiger partial charge in [-0.1, -0.05) is 11.8 Å². The van der Waals surface area contributed by atoms with Crippen molar-refractivity contribution in [2.24, 2.45) is 0 Å². The van der Waals surface area contributed by atoms with Gasteiger partial charge in [-0.15, -0.1) is 0 Å². The molecule has 0 atom stereocenters. The molecule has 6 nitrogen and oxygen atoms in total. The van der Waals surface area contributed by atoms with E-state index >= 15 is 0 Å². The van der Waals surface area contributed by atoms with Crippen molar-refractivity contribution in [2.45, 2.75) is 13.8 Å². The summed E-state index contributed by atoms with van der Waals surface area (Å²) in [4.78, 5) is 12.8. The van der Waals surface area contributed by atoms with Gasteiger partial charge >= 0.3 is 0 Å². The standard InChI is InChI=1S/C26H19N5O/c1-18-14-22(6-5-21-4-3-12-28-17-21)15-19(2)25(18)32-24-11-13-29-26(31-24)30-23-9-7-20(16-27)8-10-23/h3-4,7-15,17H,1-2H3,(H,29,30,31). The van der Waals surface area contributed by atoms with Crippen LogP contribution in [0, 0.1) is 37.0 Å². The Balaban J connectivity index is 1.52. The number of aryl methyl sites for hydroxylation is 2. The lowest BCUT2D eigenvalue weighted by Gasteiger charge is -2.12. The fourth-order valence-corrected chi connectivity index (χ4v) is 3.09. The summed E-state index contributed by atoms with van der Waals surface area (Å²) in [6, 6.07) is 18.6. The predicted molar refractivity (Wildman–Crippen MR) is 123 cm³/mol. The van der Waals surface area contributed by atoms with Crippen LogP contribution in [0.1, 0.15) is 27.8 Å². The van der Waals surface area contributed by atoms with Crippen LogP contribution in [0.4, 0.5) is 11.6 Å². The van der Waals surface area contributed by atoms with Gasteiger partial charge in [0.1, 0.15) is 5.75 Å². The minimum atomic E-state index is 0.404. The maximum Gasteiger partial charge on any atom is 0.230 e. The first-order chi connectivity index (χ1) is 15.6. The average molecular weight is 417 g/mol. The van der Waals surface area contributed by atoms with E-state index in [4.69, 9.17) is 10.00 Å². The Labute approximate surface area is 186 Å². The average Bonchev–Trinajstić information content (AvgIpc) is 2.81. The first-order valence-electron chi connectivity index (χ1n) is 9.92. The minimum Gasteiger partial charge on any atom is -0.438 e. The minimum absolute atomic E-state index is 0.404. The number of ether oxygens (including phenoxy) is 1. The molecule has 2 aromatic heterocycles. The van der Waals surface area contributed by atoms with Crippen molar-refractivity contribution in [2.75, 3.05) is 5.32 Å². The predicted octanol–water partition coefficient (Wildman–Crippen LogP) is 5.30. The molecule has 0 aliphatic heterocycles. The Hall–Kier alpha value is -4.68. The lowest BCUT2D eigenvalue weighted by Crippen LogP contribution is -1.99. The molecule has 6 heteroatoms. The molecule has 154 valence electrons. The summed E-state index contributed by atoms with van der Waals surface area (Å²) in [6.07, 6.45) is 5.10. The molecule has 0 aliphatic rings. The zero-order valence-electron chi connectivity index (χ0n) is 17.6. The van der Waals surface area contributed by atoms with Crippen LogP contribution in [0.15, 0.2) is 73.2 Å². The topological polar surface area (TPSA) is 83.7 Å². The molecule has 0 radical (unpaired) electrons. The molecule has 0 saturated heterocycles. The second-order valence-electron chi connectivity index (χ2n) is 7.07. The van der Waals surface area contributed by atoms with Crippen LogP contribution in [0.25, 0.3) is 0 Å². The van der Waals surface area contributed by atoms with Crippen molar-refractivity contribution in [3.05, 3.63) is 101 Å². The third-order valence-electron chi connectivity index (χ3n) is 4.58. The highest BCUT2D eigenvalue weighted by Gasteiger charge is 2.09. The molecule has 4 rings (SSSR count). The van der Waals surface area contributed by atoms with Gasteiger partial charge in [0.15, 0.2) is 0 Å². The molecule has 0 bridgehead atoms. The highest BCUT2D eigenvalue weighted by molar-refractivity contribution is 5.55. The van der Waals surface area contributed by atoms with Crippen molar-refractivity contribution in [1.82, 2.24) is 15.0 Å². The van der Waals surface area contributed by atoms with Gasteiger partial charge in [0.2, 0.25) is 11.8 Å². The largest absolute Gasteiger partial charge is 0.438 e. The number of nitriles is 1. The Morgan fingerprint density at radius 1 is 0.875 bits per heavy atom. The Kier molecular flexibility index (Phi) is 6.06. The molecule has 1 N–H and O–H groups in total. The second kappa shape index (κ2) is 9.42. The van der Waals surface area contributed by atoms with Crippen LogP contribution < -0.4 is 10.1 Å². The van der Waals surface area contributed by atoms with Crippen molar-refractivity contribution in [3.63, 3.8) is 0 Å². The summed E-state index contributed by atoms with van der Waals surface area (Å²) in [6.45, 7) is 3.96. The summed E-state index contributed by atoms with van der Waals surface area (Å²) in [7, 11) is 0. The third kappa shape index (κ3) is 5.08. The number of hydrogen-bond acceptors (Lipinski definition) is 6. The van der Waals surface area contributed by atoms with Crippen LogP contribution in [0.3, 0.4) is 0 Å².